The van der Waals surface area contributed by atoms with Gasteiger partial charge in [0.25, 0.3) is 0 Å². The molecule has 2 aromatic carbocycles. The van der Waals surface area contributed by atoms with Gasteiger partial charge in [0.15, 0.2) is 0 Å². The fourth-order valence-electron chi connectivity index (χ4n) is 4.02. The van der Waals surface area contributed by atoms with Crippen LogP contribution in [0.1, 0.15) is 59.1 Å². The standard InChI is InChI=1S/C28H41N3O4S/c1-8-25(27(33)29-21(2)3)30(19-18-22-12-10-9-11-13-22)26(32)20-31(36(7,34)35)24-16-14-23(15-17-24)28(4,5)6/h9-17,21,25H,8,18-20H2,1-7H3,(H,29,33)/t25-/m0/s1. The van der Waals surface area contributed by atoms with Crippen LogP contribution in [0, 0.1) is 0 Å². The highest BCUT2D eigenvalue weighted by Gasteiger charge is 2.31. The van der Waals surface area contributed by atoms with Crippen molar-refractivity contribution < 1.29 is 18.0 Å². The molecule has 2 amide bonds. The monoisotopic (exact) mass is 515 g/mol. The summed E-state index contributed by atoms with van der Waals surface area (Å²) in [6, 6.07) is 16.2. The van der Waals surface area contributed by atoms with Gasteiger partial charge in [-0.2, -0.15) is 0 Å². The first-order valence-corrected chi connectivity index (χ1v) is 14.3. The second-order valence-electron chi connectivity index (χ2n) is 10.5. The Kier molecular flexibility index (Phi) is 10.1. The number of rotatable bonds is 11. The van der Waals surface area contributed by atoms with E-state index in [9.17, 15) is 18.0 Å². The van der Waals surface area contributed by atoms with E-state index >= 15 is 0 Å². The van der Waals surface area contributed by atoms with E-state index < -0.39 is 22.0 Å². The number of nitrogens with one attached hydrogen (secondary N) is 1. The molecular formula is C28H41N3O4S. The summed E-state index contributed by atoms with van der Waals surface area (Å²) < 4.78 is 26.6. The van der Waals surface area contributed by atoms with Crippen LogP contribution in [0.25, 0.3) is 0 Å². The third-order valence-corrected chi connectivity index (χ3v) is 7.14. The van der Waals surface area contributed by atoms with Crippen LogP contribution in [0.4, 0.5) is 5.69 Å². The lowest BCUT2D eigenvalue weighted by molar-refractivity contribution is -0.139. The van der Waals surface area contributed by atoms with Gasteiger partial charge in [0, 0.05) is 12.6 Å². The summed E-state index contributed by atoms with van der Waals surface area (Å²) in [6.45, 7) is 11.8. The van der Waals surface area contributed by atoms with Crippen molar-refractivity contribution in [2.75, 3.05) is 23.7 Å². The zero-order chi connectivity index (χ0) is 27.1. The number of sulfonamides is 1. The molecule has 1 atom stereocenters. The molecule has 1 N–H and O–H groups in total. The highest BCUT2D eigenvalue weighted by molar-refractivity contribution is 7.92. The van der Waals surface area contributed by atoms with E-state index in [0.29, 0.717) is 25.1 Å². The summed E-state index contributed by atoms with van der Waals surface area (Å²) in [5.74, 6) is -0.656. The summed E-state index contributed by atoms with van der Waals surface area (Å²) in [7, 11) is -3.75. The first-order valence-electron chi connectivity index (χ1n) is 12.5. The predicted molar refractivity (Wildman–Crippen MR) is 147 cm³/mol. The second-order valence-corrected chi connectivity index (χ2v) is 12.4. The van der Waals surface area contributed by atoms with Gasteiger partial charge < -0.3 is 10.2 Å². The predicted octanol–water partition coefficient (Wildman–Crippen LogP) is 4.12. The highest BCUT2D eigenvalue weighted by Crippen LogP contribution is 2.26. The quantitative estimate of drug-likeness (QED) is 0.488. The Morgan fingerprint density at radius 1 is 0.972 bits per heavy atom. The van der Waals surface area contributed by atoms with Gasteiger partial charge in [-0.3, -0.25) is 13.9 Å². The lowest BCUT2D eigenvalue weighted by atomic mass is 9.87. The Hall–Kier alpha value is -2.87. The molecule has 8 heteroatoms. The molecule has 7 nitrogen and oxygen atoms in total. The molecule has 2 rings (SSSR count). The van der Waals surface area contributed by atoms with Gasteiger partial charge in [0.1, 0.15) is 12.6 Å². The van der Waals surface area contributed by atoms with Crippen LogP contribution in [0.5, 0.6) is 0 Å². The van der Waals surface area contributed by atoms with Gasteiger partial charge in [-0.05, 0) is 55.4 Å². The van der Waals surface area contributed by atoms with E-state index in [-0.39, 0.29) is 23.9 Å². The molecule has 0 radical (unpaired) electrons. The highest BCUT2D eigenvalue weighted by atomic mass is 32.2. The molecule has 0 aliphatic heterocycles. The van der Waals surface area contributed by atoms with Crippen LogP contribution in [0.2, 0.25) is 0 Å². The second kappa shape index (κ2) is 12.4. The van der Waals surface area contributed by atoms with Gasteiger partial charge in [-0.25, -0.2) is 8.42 Å². The molecule has 0 saturated carbocycles. The maximum atomic E-state index is 13.7. The Labute approximate surface area is 216 Å². The summed E-state index contributed by atoms with van der Waals surface area (Å²) in [4.78, 5) is 28.2. The van der Waals surface area contributed by atoms with E-state index in [1.807, 2.05) is 63.2 Å². The minimum atomic E-state index is -3.75. The first kappa shape index (κ1) is 29.4. The normalized spacial score (nSPS) is 12.8. The van der Waals surface area contributed by atoms with Gasteiger partial charge >= 0.3 is 0 Å². The molecule has 0 aliphatic rings. The lowest BCUT2D eigenvalue weighted by Gasteiger charge is -2.33. The number of amides is 2. The van der Waals surface area contributed by atoms with Crippen LogP contribution in [-0.4, -0.2) is 56.6 Å². The average Bonchev–Trinajstić information content (AvgIpc) is 2.79. The van der Waals surface area contributed by atoms with E-state index in [1.54, 1.807) is 12.1 Å². The zero-order valence-electron chi connectivity index (χ0n) is 22.6. The topological polar surface area (TPSA) is 86.8 Å². The number of carbonyl (C=O) groups is 2. The largest absolute Gasteiger partial charge is 0.352 e. The molecular weight excluding hydrogens is 474 g/mol. The molecule has 0 aliphatic carbocycles. The van der Waals surface area contributed by atoms with Crippen LogP contribution >= 0.6 is 0 Å². The summed E-state index contributed by atoms with van der Waals surface area (Å²) in [5, 5.41) is 2.90. The Morgan fingerprint density at radius 3 is 2.03 bits per heavy atom. The minimum Gasteiger partial charge on any atom is -0.352 e. The molecule has 0 fully saturated rings. The summed E-state index contributed by atoms with van der Waals surface area (Å²) in [6.07, 6.45) is 2.06. The van der Waals surface area contributed by atoms with Crippen LogP contribution < -0.4 is 9.62 Å². The fraction of sp³-hybridized carbons (Fsp3) is 0.500. The molecule has 0 heterocycles. The molecule has 0 saturated heterocycles. The SMILES string of the molecule is CC[C@@H](C(=O)NC(C)C)N(CCc1ccccc1)C(=O)CN(c1ccc(C(C)(C)C)cc1)S(C)(=O)=O. The van der Waals surface area contributed by atoms with Crippen molar-refractivity contribution in [3.05, 3.63) is 65.7 Å². The zero-order valence-corrected chi connectivity index (χ0v) is 23.4. The molecule has 36 heavy (non-hydrogen) atoms. The third kappa shape index (κ3) is 8.36. The van der Waals surface area contributed by atoms with Gasteiger partial charge in [0.05, 0.1) is 11.9 Å². The van der Waals surface area contributed by atoms with Crippen LogP contribution in [0.15, 0.2) is 54.6 Å². The average molecular weight is 516 g/mol. The van der Waals surface area contributed by atoms with Gasteiger partial charge in [-0.1, -0.05) is 70.2 Å². The van der Waals surface area contributed by atoms with Crippen molar-refractivity contribution in [1.29, 1.82) is 0 Å². The van der Waals surface area contributed by atoms with E-state index in [4.69, 9.17) is 0 Å². The minimum absolute atomic E-state index is 0.0773. The van der Waals surface area contributed by atoms with Gasteiger partial charge in [-0.15, -0.1) is 0 Å². The Balaban J connectivity index is 2.37. The van der Waals surface area contributed by atoms with Crippen molar-refractivity contribution in [2.24, 2.45) is 0 Å². The maximum Gasteiger partial charge on any atom is 0.244 e. The smallest absolute Gasteiger partial charge is 0.244 e. The summed E-state index contributed by atoms with van der Waals surface area (Å²) >= 11 is 0. The Bertz CT molecular complexity index is 1110. The number of hydrogen-bond acceptors (Lipinski definition) is 4. The van der Waals surface area contributed by atoms with Crippen LogP contribution in [-0.2, 0) is 31.4 Å². The maximum absolute atomic E-state index is 13.7. The van der Waals surface area contributed by atoms with Crippen LogP contribution in [0.3, 0.4) is 0 Å². The molecule has 0 bridgehead atoms. The number of anilines is 1. The van der Waals surface area contributed by atoms with Gasteiger partial charge in [0.2, 0.25) is 21.8 Å². The van der Waals surface area contributed by atoms with Crippen molar-refractivity contribution in [3.8, 4) is 0 Å². The first-order chi connectivity index (χ1) is 16.7. The third-order valence-electron chi connectivity index (χ3n) is 6.00. The van der Waals surface area contributed by atoms with Crippen molar-refractivity contribution in [2.45, 2.75) is 71.9 Å². The van der Waals surface area contributed by atoms with E-state index in [0.717, 1.165) is 21.7 Å². The van der Waals surface area contributed by atoms with Crippen molar-refractivity contribution in [1.82, 2.24) is 10.2 Å². The molecule has 198 valence electrons. The number of hydrogen-bond donors (Lipinski definition) is 1. The van der Waals surface area contributed by atoms with Crippen molar-refractivity contribution >= 4 is 27.5 Å². The molecule has 0 aromatic heterocycles. The lowest BCUT2D eigenvalue weighted by Crippen LogP contribution is -2.54. The fourth-order valence-corrected chi connectivity index (χ4v) is 4.87. The number of carbonyl (C=O) groups excluding carboxylic acids is 2. The number of benzene rings is 2. The molecule has 0 unspecified atom stereocenters. The van der Waals surface area contributed by atoms with E-state index in [1.165, 1.54) is 4.90 Å². The summed E-state index contributed by atoms with van der Waals surface area (Å²) in [5.41, 5.74) is 2.43. The Morgan fingerprint density at radius 2 is 1.56 bits per heavy atom. The van der Waals surface area contributed by atoms with Crippen molar-refractivity contribution in [3.63, 3.8) is 0 Å². The molecule has 0 spiro atoms. The van der Waals surface area contributed by atoms with E-state index in [2.05, 4.69) is 26.1 Å². The molecule has 2 aromatic rings. The number of nitrogens with zero attached hydrogens (tertiary/aromatic N) is 2.